The van der Waals surface area contributed by atoms with Crippen LogP contribution in [0.15, 0.2) is 24.3 Å². The number of rotatable bonds is 5. The molecule has 1 unspecified atom stereocenters. The van der Waals surface area contributed by atoms with Crippen LogP contribution in [0.3, 0.4) is 0 Å². The molecule has 1 fully saturated rings. The smallest absolute Gasteiger partial charge is 0.118 e. The zero-order valence-electron chi connectivity index (χ0n) is 11.6. The van der Waals surface area contributed by atoms with Crippen molar-refractivity contribution in [2.45, 2.75) is 51.5 Å². The minimum Gasteiger partial charge on any atom is -0.497 e. The molecule has 1 aliphatic carbocycles. The van der Waals surface area contributed by atoms with Crippen molar-refractivity contribution in [3.05, 3.63) is 29.8 Å². The van der Waals surface area contributed by atoms with Crippen LogP contribution in [0.25, 0.3) is 0 Å². The van der Waals surface area contributed by atoms with E-state index in [4.69, 9.17) is 10.5 Å². The van der Waals surface area contributed by atoms with Crippen LogP contribution in [0.2, 0.25) is 0 Å². The molecule has 1 aliphatic rings. The van der Waals surface area contributed by atoms with E-state index in [0.717, 1.165) is 18.6 Å². The van der Waals surface area contributed by atoms with Crippen molar-refractivity contribution < 1.29 is 4.74 Å². The molecule has 2 N–H and O–H groups in total. The van der Waals surface area contributed by atoms with E-state index in [1.807, 2.05) is 12.1 Å². The minimum absolute atomic E-state index is 0.335. The molecule has 0 radical (unpaired) electrons. The number of aryl methyl sites for hydroxylation is 1. The second-order valence-corrected chi connectivity index (χ2v) is 5.85. The van der Waals surface area contributed by atoms with E-state index >= 15 is 0 Å². The van der Waals surface area contributed by atoms with Crippen LogP contribution in [0.5, 0.6) is 5.75 Å². The van der Waals surface area contributed by atoms with Crippen molar-refractivity contribution in [3.63, 3.8) is 0 Å². The Morgan fingerprint density at radius 3 is 2.39 bits per heavy atom. The van der Waals surface area contributed by atoms with E-state index in [9.17, 15) is 0 Å². The second kappa shape index (κ2) is 5.75. The maximum absolute atomic E-state index is 6.39. The predicted molar refractivity (Wildman–Crippen MR) is 75.9 cm³/mol. The van der Waals surface area contributed by atoms with Crippen molar-refractivity contribution in [1.29, 1.82) is 0 Å². The van der Waals surface area contributed by atoms with Crippen LogP contribution in [0, 0.1) is 5.41 Å². The highest BCUT2D eigenvalue weighted by molar-refractivity contribution is 5.27. The van der Waals surface area contributed by atoms with Crippen LogP contribution in [-0.2, 0) is 6.42 Å². The molecular weight excluding hydrogens is 222 g/mol. The highest BCUT2D eigenvalue weighted by Crippen LogP contribution is 2.40. The van der Waals surface area contributed by atoms with Gasteiger partial charge in [0, 0.05) is 6.04 Å². The predicted octanol–water partition coefficient (Wildman–Crippen LogP) is 3.54. The zero-order valence-corrected chi connectivity index (χ0v) is 11.6. The van der Waals surface area contributed by atoms with E-state index < -0.39 is 0 Å². The van der Waals surface area contributed by atoms with Crippen LogP contribution >= 0.6 is 0 Å². The lowest BCUT2D eigenvalue weighted by atomic mass is 9.78. The average Bonchev–Trinajstić information content (AvgIpc) is 2.85. The summed E-state index contributed by atoms with van der Waals surface area (Å²) in [5, 5.41) is 0. The molecule has 0 amide bonds. The Hall–Kier alpha value is -1.02. The van der Waals surface area contributed by atoms with E-state index in [0.29, 0.717) is 11.5 Å². The van der Waals surface area contributed by atoms with Crippen molar-refractivity contribution in [2.24, 2.45) is 11.1 Å². The fraction of sp³-hybridized carbons (Fsp3) is 0.625. The summed E-state index contributed by atoms with van der Waals surface area (Å²) in [7, 11) is 1.70. The van der Waals surface area contributed by atoms with Gasteiger partial charge in [-0.05, 0) is 48.8 Å². The standard InChI is InChI=1S/C16H25NO/c1-16(11-3-4-12-16)15(17)10-7-13-5-8-14(18-2)9-6-13/h5-6,8-9,15H,3-4,7,10-12,17H2,1-2H3. The highest BCUT2D eigenvalue weighted by atomic mass is 16.5. The van der Waals surface area contributed by atoms with Crippen molar-refractivity contribution in [2.75, 3.05) is 7.11 Å². The molecule has 1 atom stereocenters. The van der Waals surface area contributed by atoms with Gasteiger partial charge in [0.15, 0.2) is 0 Å². The Bertz CT molecular complexity index is 365. The summed E-state index contributed by atoms with van der Waals surface area (Å²) in [5.41, 5.74) is 8.13. The summed E-state index contributed by atoms with van der Waals surface area (Å²) < 4.78 is 5.17. The van der Waals surface area contributed by atoms with E-state index in [-0.39, 0.29) is 0 Å². The van der Waals surface area contributed by atoms with Crippen LogP contribution in [0.1, 0.15) is 44.6 Å². The van der Waals surface area contributed by atoms with Gasteiger partial charge in [-0.25, -0.2) is 0 Å². The summed E-state index contributed by atoms with van der Waals surface area (Å²) in [6.07, 6.45) is 7.47. The topological polar surface area (TPSA) is 35.2 Å². The average molecular weight is 247 g/mol. The third-order valence-corrected chi connectivity index (χ3v) is 4.54. The summed E-state index contributed by atoms with van der Waals surface area (Å²) in [5.74, 6) is 0.922. The van der Waals surface area contributed by atoms with Crippen LogP contribution in [0.4, 0.5) is 0 Å². The van der Waals surface area contributed by atoms with Crippen molar-refractivity contribution in [3.8, 4) is 5.75 Å². The Labute approximate surface area is 111 Å². The first-order chi connectivity index (χ1) is 8.64. The maximum atomic E-state index is 6.39. The molecule has 100 valence electrons. The van der Waals surface area contributed by atoms with Crippen LogP contribution < -0.4 is 10.5 Å². The third-order valence-electron chi connectivity index (χ3n) is 4.54. The first-order valence-corrected chi connectivity index (χ1v) is 7.02. The monoisotopic (exact) mass is 247 g/mol. The molecule has 0 aromatic heterocycles. The Morgan fingerprint density at radius 2 is 1.83 bits per heavy atom. The van der Waals surface area contributed by atoms with E-state index in [2.05, 4.69) is 19.1 Å². The molecule has 0 aliphatic heterocycles. The summed E-state index contributed by atoms with van der Waals surface area (Å²) in [6.45, 7) is 2.36. The molecule has 0 heterocycles. The lowest BCUT2D eigenvalue weighted by Crippen LogP contribution is -2.37. The lowest BCUT2D eigenvalue weighted by molar-refractivity contribution is 0.251. The Kier molecular flexibility index (Phi) is 4.28. The van der Waals surface area contributed by atoms with Gasteiger partial charge in [0.1, 0.15) is 5.75 Å². The largest absolute Gasteiger partial charge is 0.497 e. The number of methoxy groups -OCH3 is 1. The highest BCUT2D eigenvalue weighted by Gasteiger charge is 2.34. The lowest BCUT2D eigenvalue weighted by Gasteiger charge is -2.31. The van der Waals surface area contributed by atoms with Gasteiger partial charge in [-0.3, -0.25) is 0 Å². The van der Waals surface area contributed by atoms with E-state index in [1.165, 1.54) is 31.2 Å². The van der Waals surface area contributed by atoms with E-state index in [1.54, 1.807) is 7.11 Å². The molecule has 0 saturated heterocycles. The molecular formula is C16H25NO. The van der Waals surface area contributed by atoms with Gasteiger partial charge in [0.2, 0.25) is 0 Å². The molecule has 2 rings (SSSR count). The maximum Gasteiger partial charge on any atom is 0.118 e. The van der Waals surface area contributed by atoms with Crippen molar-refractivity contribution >= 4 is 0 Å². The number of nitrogens with two attached hydrogens (primary N) is 1. The van der Waals surface area contributed by atoms with Crippen LogP contribution in [-0.4, -0.2) is 13.2 Å². The zero-order chi connectivity index (χ0) is 13.0. The second-order valence-electron chi connectivity index (χ2n) is 5.85. The summed E-state index contributed by atoms with van der Waals surface area (Å²) >= 11 is 0. The molecule has 18 heavy (non-hydrogen) atoms. The molecule has 0 spiro atoms. The summed E-state index contributed by atoms with van der Waals surface area (Å²) in [6, 6.07) is 8.67. The quantitative estimate of drug-likeness (QED) is 0.863. The van der Waals surface area contributed by atoms with Gasteiger partial charge in [-0.1, -0.05) is 31.9 Å². The number of hydrogen-bond donors (Lipinski definition) is 1. The third kappa shape index (κ3) is 3.05. The number of hydrogen-bond acceptors (Lipinski definition) is 2. The first-order valence-electron chi connectivity index (χ1n) is 7.02. The molecule has 2 nitrogen and oxygen atoms in total. The number of benzene rings is 1. The SMILES string of the molecule is COc1ccc(CCC(N)C2(C)CCCC2)cc1. The molecule has 2 heteroatoms. The first kappa shape index (κ1) is 13.4. The van der Waals surface area contributed by atoms with Gasteiger partial charge < -0.3 is 10.5 Å². The molecule has 1 aromatic carbocycles. The summed E-state index contributed by atoms with van der Waals surface area (Å²) in [4.78, 5) is 0. The van der Waals surface area contributed by atoms with Gasteiger partial charge in [0.05, 0.1) is 7.11 Å². The molecule has 1 saturated carbocycles. The fourth-order valence-corrected chi connectivity index (χ4v) is 3.02. The molecule has 1 aromatic rings. The Morgan fingerprint density at radius 1 is 1.22 bits per heavy atom. The van der Waals surface area contributed by atoms with Gasteiger partial charge in [0.25, 0.3) is 0 Å². The fourth-order valence-electron chi connectivity index (χ4n) is 3.02. The molecule has 0 bridgehead atoms. The van der Waals surface area contributed by atoms with Gasteiger partial charge in [-0.15, -0.1) is 0 Å². The minimum atomic E-state index is 0.335. The Balaban J connectivity index is 1.86. The number of ether oxygens (including phenoxy) is 1. The van der Waals surface area contributed by atoms with Gasteiger partial charge in [-0.2, -0.15) is 0 Å². The van der Waals surface area contributed by atoms with Crippen molar-refractivity contribution in [1.82, 2.24) is 0 Å². The normalized spacial score (nSPS) is 19.7. The van der Waals surface area contributed by atoms with Gasteiger partial charge >= 0.3 is 0 Å².